The molecule has 5 nitrogen and oxygen atoms in total. The quantitative estimate of drug-likeness (QED) is 0.811. The molecule has 0 aliphatic heterocycles. The normalized spacial score (nSPS) is 11.2. The Morgan fingerprint density at radius 1 is 1.44 bits per heavy atom. The van der Waals surface area contributed by atoms with Crippen LogP contribution in [-0.4, -0.2) is 26.1 Å². The van der Waals surface area contributed by atoms with Crippen molar-refractivity contribution in [2.24, 2.45) is 0 Å². The molecule has 0 heterocycles. The van der Waals surface area contributed by atoms with E-state index in [2.05, 4.69) is 0 Å². The van der Waals surface area contributed by atoms with Gasteiger partial charge in [-0.2, -0.15) is 0 Å². The maximum Gasteiger partial charge on any atom is 0.341 e. The summed E-state index contributed by atoms with van der Waals surface area (Å²) in [7, 11) is 1.46. The predicted molar refractivity (Wildman–Crippen MR) is 66.6 cm³/mol. The lowest BCUT2D eigenvalue weighted by Gasteiger charge is -2.10. The van der Waals surface area contributed by atoms with Gasteiger partial charge in [0.2, 0.25) is 0 Å². The van der Waals surface area contributed by atoms with E-state index in [9.17, 15) is 13.2 Å². The molecule has 7 heteroatoms. The lowest BCUT2D eigenvalue weighted by Crippen LogP contribution is -2.10. The predicted octanol–water partition coefficient (Wildman–Crippen LogP) is 2.03. The Balaban J connectivity index is 3.08. The van der Waals surface area contributed by atoms with Gasteiger partial charge in [0.05, 0.1) is 4.90 Å². The summed E-state index contributed by atoms with van der Waals surface area (Å²) in [6, 6.07) is 4.12. The summed E-state index contributed by atoms with van der Waals surface area (Å²) in [5.74, 6) is -0.727. The highest BCUT2D eigenvalue weighted by Gasteiger charge is 2.14. The number of rotatable bonds is 6. The van der Waals surface area contributed by atoms with Crippen molar-refractivity contribution in [3.8, 4) is 5.75 Å². The number of carbonyl (C=O) groups is 1. The standard InChI is InChI=1S/C11H13ClO5S/c1-2-3-8-6-9(18(12,15)16)4-5-10(8)17-7-11(13)14/h4-6H,2-3,7H2,1H3,(H,13,14). The van der Waals surface area contributed by atoms with E-state index in [0.717, 1.165) is 6.42 Å². The van der Waals surface area contributed by atoms with Crippen molar-refractivity contribution in [2.45, 2.75) is 24.7 Å². The molecule has 1 N–H and O–H groups in total. The van der Waals surface area contributed by atoms with Crippen LogP contribution >= 0.6 is 10.7 Å². The van der Waals surface area contributed by atoms with Gasteiger partial charge < -0.3 is 9.84 Å². The van der Waals surface area contributed by atoms with Gasteiger partial charge in [-0.15, -0.1) is 0 Å². The molecule has 0 fully saturated rings. The summed E-state index contributed by atoms with van der Waals surface area (Å²) in [6.45, 7) is 1.45. The average Bonchev–Trinajstić information content (AvgIpc) is 2.26. The molecule has 0 atom stereocenters. The number of hydrogen-bond acceptors (Lipinski definition) is 4. The zero-order chi connectivity index (χ0) is 13.8. The van der Waals surface area contributed by atoms with E-state index in [1.54, 1.807) is 0 Å². The van der Waals surface area contributed by atoms with Gasteiger partial charge in [0.1, 0.15) is 5.75 Å². The second-order valence-electron chi connectivity index (χ2n) is 3.64. The summed E-state index contributed by atoms with van der Waals surface area (Å²) >= 11 is 0. The molecule has 0 spiro atoms. The number of halogens is 1. The summed E-state index contributed by atoms with van der Waals surface area (Å²) < 4.78 is 27.5. The van der Waals surface area contributed by atoms with Gasteiger partial charge >= 0.3 is 5.97 Å². The largest absolute Gasteiger partial charge is 0.482 e. The molecule has 1 aromatic carbocycles. The third-order valence-electron chi connectivity index (χ3n) is 2.18. The zero-order valence-corrected chi connectivity index (χ0v) is 11.3. The Hall–Kier alpha value is -1.27. The van der Waals surface area contributed by atoms with Crippen LogP contribution in [0.25, 0.3) is 0 Å². The minimum absolute atomic E-state index is 0.0182. The van der Waals surface area contributed by atoms with Crippen molar-refractivity contribution < 1.29 is 23.1 Å². The molecule has 0 radical (unpaired) electrons. The van der Waals surface area contributed by atoms with E-state index in [0.29, 0.717) is 17.7 Å². The van der Waals surface area contributed by atoms with E-state index >= 15 is 0 Å². The molecule has 0 bridgehead atoms. The van der Waals surface area contributed by atoms with Gasteiger partial charge in [-0.25, -0.2) is 13.2 Å². The molecular weight excluding hydrogens is 280 g/mol. The van der Waals surface area contributed by atoms with Crippen LogP contribution in [0.2, 0.25) is 0 Å². The molecule has 0 unspecified atom stereocenters. The third-order valence-corrected chi connectivity index (χ3v) is 3.54. The fourth-order valence-electron chi connectivity index (χ4n) is 1.45. The molecule has 0 aliphatic rings. The summed E-state index contributed by atoms with van der Waals surface area (Å²) in [5, 5.41) is 8.54. The first-order valence-electron chi connectivity index (χ1n) is 5.26. The SMILES string of the molecule is CCCc1cc(S(=O)(=O)Cl)ccc1OCC(=O)O. The van der Waals surface area contributed by atoms with Gasteiger partial charge in [0, 0.05) is 10.7 Å². The molecule has 0 aromatic heterocycles. The van der Waals surface area contributed by atoms with Crippen molar-refractivity contribution in [3.05, 3.63) is 23.8 Å². The van der Waals surface area contributed by atoms with Crippen LogP contribution in [0.5, 0.6) is 5.75 Å². The summed E-state index contributed by atoms with van der Waals surface area (Å²) in [6.07, 6.45) is 1.35. The Morgan fingerprint density at radius 3 is 2.61 bits per heavy atom. The van der Waals surface area contributed by atoms with E-state index in [1.165, 1.54) is 18.2 Å². The molecule has 1 rings (SSSR count). The highest BCUT2D eigenvalue weighted by molar-refractivity contribution is 8.13. The fourth-order valence-corrected chi connectivity index (χ4v) is 2.25. The van der Waals surface area contributed by atoms with Gasteiger partial charge in [-0.1, -0.05) is 13.3 Å². The third kappa shape index (κ3) is 4.19. The molecule has 0 saturated carbocycles. The van der Waals surface area contributed by atoms with Crippen LogP contribution in [0.1, 0.15) is 18.9 Å². The molecule has 1 aromatic rings. The molecule has 0 aliphatic carbocycles. The van der Waals surface area contributed by atoms with Crippen LogP contribution in [-0.2, 0) is 20.3 Å². The first-order chi connectivity index (χ1) is 8.34. The molecule has 0 saturated heterocycles. The first kappa shape index (κ1) is 14.8. The van der Waals surface area contributed by atoms with Crippen molar-refractivity contribution >= 4 is 25.7 Å². The lowest BCUT2D eigenvalue weighted by molar-refractivity contribution is -0.139. The number of hydrogen-bond donors (Lipinski definition) is 1. The Bertz CT molecular complexity index is 538. The highest BCUT2D eigenvalue weighted by Crippen LogP contribution is 2.25. The van der Waals surface area contributed by atoms with Crippen molar-refractivity contribution in [1.82, 2.24) is 0 Å². The highest BCUT2D eigenvalue weighted by atomic mass is 35.7. The summed E-state index contributed by atoms with van der Waals surface area (Å²) in [4.78, 5) is 10.4. The van der Waals surface area contributed by atoms with Crippen LogP contribution in [0.4, 0.5) is 0 Å². The van der Waals surface area contributed by atoms with Gasteiger partial charge in [-0.3, -0.25) is 0 Å². The van der Waals surface area contributed by atoms with Crippen molar-refractivity contribution in [1.29, 1.82) is 0 Å². The number of ether oxygens (including phenoxy) is 1. The van der Waals surface area contributed by atoms with E-state index in [-0.39, 0.29) is 4.90 Å². The van der Waals surface area contributed by atoms with E-state index in [1.807, 2.05) is 6.92 Å². The van der Waals surface area contributed by atoms with Crippen LogP contribution in [0.15, 0.2) is 23.1 Å². The van der Waals surface area contributed by atoms with E-state index < -0.39 is 21.6 Å². The van der Waals surface area contributed by atoms with Crippen molar-refractivity contribution in [3.63, 3.8) is 0 Å². The summed E-state index contributed by atoms with van der Waals surface area (Å²) in [5.41, 5.74) is 0.625. The monoisotopic (exact) mass is 292 g/mol. The minimum Gasteiger partial charge on any atom is -0.482 e. The number of aryl methyl sites for hydroxylation is 1. The fraction of sp³-hybridized carbons (Fsp3) is 0.364. The number of carboxylic acid groups (broad SMARTS) is 1. The second-order valence-corrected chi connectivity index (χ2v) is 6.21. The van der Waals surface area contributed by atoms with Crippen LogP contribution in [0, 0.1) is 0 Å². The Morgan fingerprint density at radius 2 is 2.11 bits per heavy atom. The molecular formula is C11H13ClO5S. The number of carboxylic acids is 1. The van der Waals surface area contributed by atoms with Gasteiger partial charge in [0.15, 0.2) is 6.61 Å². The topological polar surface area (TPSA) is 80.7 Å². The molecule has 100 valence electrons. The lowest BCUT2D eigenvalue weighted by atomic mass is 10.1. The second kappa shape index (κ2) is 6.06. The first-order valence-corrected chi connectivity index (χ1v) is 7.57. The number of aliphatic carboxylic acids is 1. The van der Waals surface area contributed by atoms with Crippen LogP contribution < -0.4 is 4.74 Å². The van der Waals surface area contributed by atoms with Crippen molar-refractivity contribution in [2.75, 3.05) is 6.61 Å². The Labute approximate surface area is 110 Å². The maximum atomic E-state index is 11.2. The Kier molecular flexibility index (Phi) is 4.98. The number of benzene rings is 1. The minimum atomic E-state index is -3.79. The van der Waals surface area contributed by atoms with Gasteiger partial charge in [-0.05, 0) is 30.2 Å². The smallest absolute Gasteiger partial charge is 0.341 e. The average molecular weight is 293 g/mol. The van der Waals surface area contributed by atoms with Crippen LogP contribution in [0.3, 0.4) is 0 Å². The van der Waals surface area contributed by atoms with E-state index in [4.69, 9.17) is 20.5 Å². The maximum absolute atomic E-state index is 11.2. The molecule has 0 amide bonds. The zero-order valence-electron chi connectivity index (χ0n) is 9.72. The molecule has 18 heavy (non-hydrogen) atoms. The van der Waals surface area contributed by atoms with Gasteiger partial charge in [0.25, 0.3) is 9.05 Å².